The summed E-state index contributed by atoms with van der Waals surface area (Å²) in [5, 5.41) is 3.83. The third kappa shape index (κ3) is 4.95. The van der Waals surface area contributed by atoms with Gasteiger partial charge in [0.2, 0.25) is 5.91 Å². The van der Waals surface area contributed by atoms with Crippen molar-refractivity contribution < 1.29 is 13.9 Å². The van der Waals surface area contributed by atoms with Crippen LogP contribution in [0.2, 0.25) is 0 Å². The van der Waals surface area contributed by atoms with Gasteiger partial charge in [-0.15, -0.1) is 11.8 Å². The number of amides is 1. The van der Waals surface area contributed by atoms with Crippen molar-refractivity contribution in [1.29, 1.82) is 0 Å². The number of fused-ring (bicyclic) bond motifs is 1. The van der Waals surface area contributed by atoms with Gasteiger partial charge in [-0.2, -0.15) is 0 Å². The molecule has 1 N–H and O–H groups in total. The van der Waals surface area contributed by atoms with Crippen molar-refractivity contribution in [2.45, 2.75) is 26.1 Å². The van der Waals surface area contributed by atoms with Gasteiger partial charge in [-0.1, -0.05) is 12.1 Å². The van der Waals surface area contributed by atoms with E-state index in [0.29, 0.717) is 23.6 Å². The zero-order valence-corrected chi connectivity index (χ0v) is 17.0. The Morgan fingerprint density at radius 2 is 1.93 bits per heavy atom. The van der Waals surface area contributed by atoms with Crippen molar-refractivity contribution in [3.8, 4) is 5.75 Å². The van der Waals surface area contributed by atoms with E-state index in [4.69, 9.17) is 9.15 Å². The second-order valence-electron chi connectivity index (χ2n) is 6.64. The molecule has 0 unspecified atom stereocenters. The summed E-state index contributed by atoms with van der Waals surface area (Å²) in [7, 11) is 1.62. The summed E-state index contributed by atoms with van der Waals surface area (Å²) < 4.78 is 10.5. The van der Waals surface area contributed by atoms with E-state index in [0.717, 1.165) is 33.4 Å². The first-order chi connectivity index (χ1) is 13.5. The summed E-state index contributed by atoms with van der Waals surface area (Å²) in [6.07, 6.45) is 0. The molecule has 0 saturated carbocycles. The highest BCUT2D eigenvalue weighted by atomic mass is 32.2. The second-order valence-corrected chi connectivity index (χ2v) is 7.63. The van der Waals surface area contributed by atoms with E-state index < -0.39 is 0 Å². The number of aryl methyl sites for hydroxylation is 2. The summed E-state index contributed by atoms with van der Waals surface area (Å²) in [6.45, 7) is 4.47. The number of hydrogen-bond acceptors (Lipinski definition) is 5. The van der Waals surface area contributed by atoms with Gasteiger partial charge >= 0.3 is 5.63 Å². The Morgan fingerprint density at radius 3 is 2.71 bits per heavy atom. The summed E-state index contributed by atoms with van der Waals surface area (Å²) in [5.41, 5.74) is 4.32. The van der Waals surface area contributed by atoms with Crippen molar-refractivity contribution in [2.24, 2.45) is 0 Å². The van der Waals surface area contributed by atoms with Crippen LogP contribution in [-0.2, 0) is 17.1 Å². The maximum absolute atomic E-state index is 12.1. The quantitative estimate of drug-likeness (QED) is 0.611. The van der Waals surface area contributed by atoms with Crippen LogP contribution in [0, 0.1) is 13.8 Å². The van der Waals surface area contributed by atoms with E-state index >= 15 is 0 Å². The minimum Gasteiger partial charge on any atom is -0.497 e. The topological polar surface area (TPSA) is 68.5 Å². The first kappa shape index (κ1) is 20.0. The number of rotatable bonds is 7. The molecule has 0 spiro atoms. The summed E-state index contributed by atoms with van der Waals surface area (Å²) in [6, 6.07) is 13.0. The van der Waals surface area contributed by atoms with E-state index in [1.807, 2.05) is 50.2 Å². The van der Waals surface area contributed by atoms with E-state index in [1.54, 1.807) is 7.11 Å². The Balaban J connectivity index is 1.59. The lowest BCUT2D eigenvalue weighted by molar-refractivity contribution is -0.118. The fraction of sp³-hybridized carbons (Fsp3) is 0.273. The summed E-state index contributed by atoms with van der Waals surface area (Å²) in [4.78, 5) is 24.0. The molecule has 6 heteroatoms. The van der Waals surface area contributed by atoms with Crippen LogP contribution in [-0.4, -0.2) is 18.8 Å². The Kier molecular flexibility index (Phi) is 6.41. The van der Waals surface area contributed by atoms with Crippen LogP contribution in [0.4, 0.5) is 0 Å². The second kappa shape index (κ2) is 8.97. The molecule has 146 valence electrons. The Bertz CT molecular complexity index is 1060. The van der Waals surface area contributed by atoms with Gasteiger partial charge in [-0.3, -0.25) is 4.79 Å². The normalized spacial score (nSPS) is 10.8. The molecule has 1 heterocycles. The number of thioether (sulfide) groups is 1. The molecule has 3 rings (SSSR count). The lowest BCUT2D eigenvalue weighted by Crippen LogP contribution is -2.24. The molecule has 0 saturated heterocycles. The number of carbonyl (C=O) groups is 1. The molecule has 0 fully saturated rings. The van der Waals surface area contributed by atoms with E-state index in [2.05, 4.69) is 5.32 Å². The van der Waals surface area contributed by atoms with E-state index in [1.165, 1.54) is 17.8 Å². The van der Waals surface area contributed by atoms with Gasteiger partial charge < -0.3 is 14.5 Å². The first-order valence-electron chi connectivity index (χ1n) is 8.97. The molecular formula is C22H23NO4S. The minimum absolute atomic E-state index is 0.0490. The molecule has 5 nitrogen and oxygen atoms in total. The highest BCUT2D eigenvalue weighted by Crippen LogP contribution is 2.24. The number of nitrogens with one attached hydrogen (secondary N) is 1. The zero-order valence-electron chi connectivity index (χ0n) is 16.2. The number of benzene rings is 2. The number of carbonyl (C=O) groups excluding carboxylic acids is 1. The first-order valence-corrected chi connectivity index (χ1v) is 10.1. The van der Waals surface area contributed by atoms with Crippen molar-refractivity contribution in [3.05, 3.63) is 75.1 Å². The predicted molar refractivity (Wildman–Crippen MR) is 113 cm³/mol. The molecular weight excluding hydrogens is 374 g/mol. The number of hydrogen-bond donors (Lipinski definition) is 1. The van der Waals surface area contributed by atoms with Crippen molar-refractivity contribution in [1.82, 2.24) is 5.32 Å². The SMILES string of the molecule is COc1cccc(CNC(=O)CSCc2cc(=O)oc3cc(C)c(C)cc23)c1. The smallest absolute Gasteiger partial charge is 0.336 e. The van der Waals surface area contributed by atoms with Crippen LogP contribution < -0.4 is 15.7 Å². The van der Waals surface area contributed by atoms with Crippen LogP contribution in [0.5, 0.6) is 5.75 Å². The predicted octanol–water partition coefficient (Wildman–Crippen LogP) is 3.97. The molecule has 28 heavy (non-hydrogen) atoms. The molecule has 0 aliphatic carbocycles. The zero-order chi connectivity index (χ0) is 20.1. The van der Waals surface area contributed by atoms with Crippen LogP contribution in [0.3, 0.4) is 0 Å². The van der Waals surface area contributed by atoms with E-state index in [-0.39, 0.29) is 11.5 Å². The third-order valence-corrected chi connectivity index (χ3v) is 5.54. The maximum Gasteiger partial charge on any atom is 0.336 e. The minimum atomic E-state index is -0.367. The molecule has 0 aliphatic heterocycles. The van der Waals surface area contributed by atoms with Gasteiger partial charge in [0, 0.05) is 23.8 Å². The van der Waals surface area contributed by atoms with Crippen LogP contribution >= 0.6 is 11.8 Å². The Labute approximate surface area is 168 Å². The monoisotopic (exact) mass is 397 g/mol. The van der Waals surface area contributed by atoms with Gasteiger partial charge in [0.05, 0.1) is 12.9 Å². The average Bonchev–Trinajstić information content (AvgIpc) is 2.68. The fourth-order valence-electron chi connectivity index (χ4n) is 2.89. The number of methoxy groups -OCH3 is 1. The molecule has 1 aromatic heterocycles. The molecule has 0 atom stereocenters. The highest BCUT2D eigenvalue weighted by molar-refractivity contribution is 7.99. The van der Waals surface area contributed by atoms with Crippen LogP contribution in [0.15, 0.2) is 51.7 Å². The molecule has 3 aromatic rings. The van der Waals surface area contributed by atoms with E-state index in [9.17, 15) is 9.59 Å². The van der Waals surface area contributed by atoms with Crippen molar-refractivity contribution in [3.63, 3.8) is 0 Å². The van der Waals surface area contributed by atoms with Gasteiger partial charge in [0.25, 0.3) is 0 Å². The Hall–Kier alpha value is -2.73. The average molecular weight is 397 g/mol. The fourth-order valence-corrected chi connectivity index (χ4v) is 3.74. The van der Waals surface area contributed by atoms with Gasteiger partial charge in [0.1, 0.15) is 11.3 Å². The largest absolute Gasteiger partial charge is 0.497 e. The molecule has 0 aliphatic rings. The molecule has 0 radical (unpaired) electrons. The van der Waals surface area contributed by atoms with Crippen LogP contribution in [0.1, 0.15) is 22.3 Å². The summed E-state index contributed by atoms with van der Waals surface area (Å²) >= 11 is 1.47. The van der Waals surface area contributed by atoms with Gasteiger partial charge in [0.15, 0.2) is 0 Å². The standard InChI is InChI=1S/C22H23NO4S/c1-14-7-19-17(10-22(25)27-20(19)8-15(14)2)12-28-13-21(24)23-11-16-5-4-6-18(9-16)26-3/h4-10H,11-13H2,1-3H3,(H,23,24). The highest BCUT2D eigenvalue weighted by Gasteiger charge is 2.09. The summed E-state index contributed by atoms with van der Waals surface area (Å²) in [5.74, 6) is 1.60. The number of ether oxygens (including phenoxy) is 1. The lowest BCUT2D eigenvalue weighted by atomic mass is 10.0. The lowest BCUT2D eigenvalue weighted by Gasteiger charge is -2.09. The Morgan fingerprint density at radius 1 is 1.14 bits per heavy atom. The van der Waals surface area contributed by atoms with Crippen molar-refractivity contribution >= 4 is 28.6 Å². The molecule has 1 amide bonds. The molecule has 0 bridgehead atoms. The van der Waals surface area contributed by atoms with Crippen LogP contribution in [0.25, 0.3) is 11.0 Å². The third-order valence-electron chi connectivity index (χ3n) is 4.56. The van der Waals surface area contributed by atoms with Gasteiger partial charge in [-0.25, -0.2) is 4.79 Å². The van der Waals surface area contributed by atoms with Crippen molar-refractivity contribution in [2.75, 3.05) is 12.9 Å². The maximum atomic E-state index is 12.1. The molecule has 2 aromatic carbocycles. The van der Waals surface area contributed by atoms with Gasteiger partial charge in [-0.05, 0) is 60.4 Å².